The van der Waals surface area contributed by atoms with Crippen molar-refractivity contribution in [2.75, 3.05) is 14.2 Å². The third kappa shape index (κ3) is 4.73. The maximum absolute atomic E-state index is 12.3. The zero-order valence-electron chi connectivity index (χ0n) is 13.4. The molecule has 0 saturated carbocycles. The van der Waals surface area contributed by atoms with E-state index in [-0.39, 0.29) is 18.4 Å². The summed E-state index contributed by atoms with van der Waals surface area (Å²) in [7, 11) is 3.19. The molecule has 4 nitrogen and oxygen atoms in total. The Morgan fingerprint density at radius 2 is 1.96 bits per heavy atom. The highest BCUT2D eigenvalue weighted by Gasteiger charge is 2.13. The van der Waals surface area contributed by atoms with Crippen molar-refractivity contribution in [3.63, 3.8) is 0 Å². The molecule has 1 atom stereocenters. The summed E-state index contributed by atoms with van der Waals surface area (Å²) in [6.45, 7) is 1.96. The summed E-state index contributed by atoms with van der Waals surface area (Å²) in [5.74, 6) is 1.31. The molecule has 0 aromatic heterocycles. The molecule has 2 aromatic rings. The smallest absolute Gasteiger partial charge is 0.225 e. The van der Waals surface area contributed by atoms with Crippen molar-refractivity contribution in [3.8, 4) is 11.5 Å². The number of nitrogens with one attached hydrogen (secondary N) is 1. The van der Waals surface area contributed by atoms with Crippen LogP contribution in [0.25, 0.3) is 0 Å². The van der Waals surface area contributed by atoms with Gasteiger partial charge in [-0.15, -0.1) is 0 Å². The van der Waals surface area contributed by atoms with Crippen LogP contribution in [0.1, 0.15) is 24.1 Å². The Balaban J connectivity index is 2.07. The Hall–Kier alpha value is -2.01. The van der Waals surface area contributed by atoms with Gasteiger partial charge in [-0.3, -0.25) is 4.79 Å². The molecule has 0 heterocycles. The summed E-state index contributed by atoms with van der Waals surface area (Å²) in [5, 5.41) is 3.00. The largest absolute Gasteiger partial charge is 0.497 e. The van der Waals surface area contributed by atoms with E-state index in [4.69, 9.17) is 9.47 Å². The van der Waals surface area contributed by atoms with Crippen LogP contribution in [0, 0.1) is 0 Å². The van der Waals surface area contributed by atoms with Crippen LogP contribution < -0.4 is 14.8 Å². The lowest BCUT2D eigenvalue weighted by Gasteiger charge is -2.16. The number of rotatable bonds is 6. The number of hydrogen-bond donors (Lipinski definition) is 1. The molecular formula is C18H20BrNO3. The van der Waals surface area contributed by atoms with Gasteiger partial charge in [-0.1, -0.05) is 28.1 Å². The Labute approximate surface area is 144 Å². The van der Waals surface area contributed by atoms with E-state index in [0.29, 0.717) is 11.5 Å². The molecule has 5 heteroatoms. The molecule has 0 unspecified atom stereocenters. The normalized spacial score (nSPS) is 11.7. The van der Waals surface area contributed by atoms with Gasteiger partial charge in [0.1, 0.15) is 11.5 Å². The van der Waals surface area contributed by atoms with Crippen LogP contribution in [-0.4, -0.2) is 20.1 Å². The minimum absolute atomic E-state index is 0.0657. The average Bonchev–Trinajstić information content (AvgIpc) is 2.54. The number of carbonyl (C=O) groups excluding carboxylic acids is 1. The van der Waals surface area contributed by atoms with Crippen LogP contribution in [-0.2, 0) is 11.2 Å². The Morgan fingerprint density at radius 3 is 2.61 bits per heavy atom. The van der Waals surface area contributed by atoms with Crippen LogP contribution >= 0.6 is 15.9 Å². The van der Waals surface area contributed by atoms with Gasteiger partial charge in [0.05, 0.1) is 26.7 Å². The van der Waals surface area contributed by atoms with E-state index in [0.717, 1.165) is 15.6 Å². The van der Waals surface area contributed by atoms with E-state index >= 15 is 0 Å². The Morgan fingerprint density at radius 1 is 1.17 bits per heavy atom. The van der Waals surface area contributed by atoms with Crippen molar-refractivity contribution in [1.82, 2.24) is 5.32 Å². The van der Waals surface area contributed by atoms with Crippen molar-refractivity contribution in [3.05, 3.63) is 58.1 Å². The number of amides is 1. The fourth-order valence-electron chi connectivity index (χ4n) is 2.34. The fourth-order valence-corrected chi connectivity index (χ4v) is 2.76. The van der Waals surface area contributed by atoms with E-state index in [9.17, 15) is 4.79 Å². The van der Waals surface area contributed by atoms with Crippen LogP contribution in [0.4, 0.5) is 0 Å². The van der Waals surface area contributed by atoms with E-state index in [1.165, 1.54) is 0 Å². The summed E-state index contributed by atoms with van der Waals surface area (Å²) in [6, 6.07) is 13.3. The van der Waals surface area contributed by atoms with Gasteiger partial charge >= 0.3 is 0 Å². The number of methoxy groups -OCH3 is 2. The molecule has 0 saturated heterocycles. The summed E-state index contributed by atoms with van der Waals surface area (Å²) >= 11 is 3.44. The minimum atomic E-state index is -0.0726. The van der Waals surface area contributed by atoms with Gasteiger partial charge in [0.2, 0.25) is 5.91 Å². The molecule has 0 aliphatic carbocycles. The molecule has 122 valence electrons. The van der Waals surface area contributed by atoms with E-state index < -0.39 is 0 Å². The Bertz CT molecular complexity index is 688. The molecule has 2 rings (SSSR count). The number of carbonyl (C=O) groups is 1. The molecule has 1 amide bonds. The number of halogens is 1. The summed E-state index contributed by atoms with van der Waals surface area (Å²) in [6.07, 6.45) is 0.235. The summed E-state index contributed by atoms with van der Waals surface area (Å²) in [4.78, 5) is 12.3. The second kappa shape index (κ2) is 8.02. The van der Waals surface area contributed by atoms with Crippen molar-refractivity contribution < 1.29 is 14.3 Å². The number of benzene rings is 2. The summed E-state index contributed by atoms with van der Waals surface area (Å²) in [5.41, 5.74) is 1.84. The Kier molecular flexibility index (Phi) is 6.04. The van der Waals surface area contributed by atoms with Crippen LogP contribution in [0.5, 0.6) is 11.5 Å². The molecule has 23 heavy (non-hydrogen) atoms. The van der Waals surface area contributed by atoms with Gasteiger partial charge < -0.3 is 14.8 Å². The topological polar surface area (TPSA) is 47.6 Å². The predicted molar refractivity (Wildman–Crippen MR) is 93.9 cm³/mol. The first-order valence-electron chi connectivity index (χ1n) is 7.29. The third-order valence-corrected chi connectivity index (χ3v) is 4.06. The van der Waals surface area contributed by atoms with Crippen molar-refractivity contribution in [2.24, 2.45) is 0 Å². The first-order chi connectivity index (χ1) is 11.0. The molecule has 0 spiro atoms. The molecule has 0 aliphatic heterocycles. The van der Waals surface area contributed by atoms with Crippen molar-refractivity contribution in [1.29, 1.82) is 0 Å². The SMILES string of the molecule is COc1ccc(OC)c(CC(=O)N[C@@H](C)c2cccc(Br)c2)c1. The second-order valence-electron chi connectivity index (χ2n) is 5.20. The predicted octanol–water partition coefficient (Wildman–Crippen LogP) is 3.89. The zero-order valence-corrected chi connectivity index (χ0v) is 15.0. The lowest BCUT2D eigenvalue weighted by Crippen LogP contribution is -2.28. The highest BCUT2D eigenvalue weighted by molar-refractivity contribution is 9.10. The van der Waals surface area contributed by atoms with E-state index in [1.54, 1.807) is 20.3 Å². The lowest BCUT2D eigenvalue weighted by atomic mass is 10.1. The lowest BCUT2D eigenvalue weighted by molar-refractivity contribution is -0.121. The monoisotopic (exact) mass is 377 g/mol. The molecule has 0 fully saturated rings. The fraction of sp³-hybridized carbons (Fsp3) is 0.278. The third-order valence-electron chi connectivity index (χ3n) is 3.56. The average molecular weight is 378 g/mol. The van der Waals surface area contributed by atoms with Crippen LogP contribution in [0.15, 0.2) is 46.9 Å². The number of ether oxygens (including phenoxy) is 2. The van der Waals surface area contributed by atoms with Gasteiger partial charge in [0.25, 0.3) is 0 Å². The highest BCUT2D eigenvalue weighted by atomic mass is 79.9. The molecule has 2 aromatic carbocycles. The molecule has 0 bridgehead atoms. The second-order valence-corrected chi connectivity index (χ2v) is 6.11. The van der Waals surface area contributed by atoms with E-state index in [1.807, 2.05) is 43.3 Å². The van der Waals surface area contributed by atoms with Gasteiger partial charge in [-0.25, -0.2) is 0 Å². The maximum atomic E-state index is 12.3. The quantitative estimate of drug-likeness (QED) is 0.830. The zero-order chi connectivity index (χ0) is 16.8. The van der Waals surface area contributed by atoms with Gasteiger partial charge in [-0.05, 0) is 42.8 Å². The molecular weight excluding hydrogens is 358 g/mol. The minimum Gasteiger partial charge on any atom is -0.497 e. The standard InChI is InChI=1S/C18H20BrNO3/c1-12(13-5-4-6-15(19)9-13)20-18(21)11-14-10-16(22-2)7-8-17(14)23-3/h4-10,12H,11H2,1-3H3,(H,20,21)/t12-/m0/s1. The maximum Gasteiger partial charge on any atom is 0.225 e. The number of hydrogen-bond acceptors (Lipinski definition) is 3. The van der Waals surface area contributed by atoms with Crippen molar-refractivity contribution >= 4 is 21.8 Å². The molecule has 0 radical (unpaired) electrons. The first-order valence-corrected chi connectivity index (χ1v) is 8.08. The van der Waals surface area contributed by atoms with Crippen LogP contribution in [0.2, 0.25) is 0 Å². The molecule has 1 N–H and O–H groups in total. The van der Waals surface area contributed by atoms with Crippen molar-refractivity contribution in [2.45, 2.75) is 19.4 Å². The van der Waals surface area contributed by atoms with Crippen LogP contribution in [0.3, 0.4) is 0 Å². The van der Waals surface area contributed by atoms with Gasteiger partial charge in [0.15, 0.2) is 0 Å². The van der Waals surface area contributed by atoms with Gasteiger partial charge in [0, 0.05) is 10.0 Å². The van der Waals surface area contributed by atoms with Gasteiger partial charge in [-0.2, -0.15) is 0 Å². The van der Waals surface area contributed by atoms with E-state index in [2.05, 4.69) is 21.2 Å². The summed E-state index contributed by atoms with van der Waals surface area (Å²) < 4.78 is 11.5. The highest BCUT2D eigenvalue weighted by Crippen LogP contribution is 2.25. The first kappa shape index (κ1) is 17.3. The molecule has 0 aliphatic rings.